The monoisotopic (exact) mass is 272 g/mol. The molecule has 2 aromatic carbocycles. The Kier molecular flexibility index (Phi) is 4.86. The fourth-order valence-electron chi connectivity index (χ4n) is 1.61. The van der Waals surface area contributed by atoms with Crippen molar-refractivity contribution in [3.63, 3.8) is 0 Å². The molecule has 0 bridgehead atoms. The second kappa shape index (κ2) is 6.85. The van der Waals surface area contributed by atoms with Crippen LogP contribution in [0.2, 0.25) is 0 Å². The summed E-state index contributed by atoms with van der Waals surface area (Å²) in [5.74, 6) is 0.737. The van der Waals surface area contributed by atoms with Gasteiger partial charge < -0.3 is 11.1 Å². The van der Waals surface area contributed by atoms with E-state index in [1.807, 2.05) is 54.6 Å². The Morgan fingerprint density at radius 2 is 1.74 bits per heavy atom. The van der Waals surface area contributed by atoms with E-state index in [9.17, 15) is 4.79 Å². The van der Waals surface area contributed by atoms with Crippen molar-refractivity contribution >= 4 is 29.0 Å². The number of hydrogen-bond donors (Lipinski definition) is 2. The minimum Gasteiger partial charge on any atom is -0.398 e. The molecule has 0 aliphatic carbocycles. The number of benzene rings is 2. The molecule has 2 rings (SSSR count). The molecule has 1 amide bonds. The lowest BCUT2D eigenvalue weighted by molar-refractivity contribution is -0.115. The number of rotatable bonds is 5. The van der Waals surface area contributed by atoms with Crippen LogP contribution in [0.4, 0.5) is 11.4 Å². The maximum atomic E-state index is 11.7. The summed E-state index contributed by atoms with van der Waals surface area (Å²) >= 11 is 1.60. The Bertz CT molecular complexity index is 543. The van der Waals surface area contributed by atoms with E-state index in [1.165, 1.54) is 0 Å². The number of nitrogens with one attached hydrogen (secondary N) is 1. The molecule has 0 aliphatic rings. The van der Waals surface area contributed by atoms with Crippen LogP contribution in [0, 0.1) is 0 Å². The fourth-order valence-corrected chi connectivity index (χ4v) is 2.53. The van der Waals surface area contributed by atoms with E-state index in [0.717, 1.165) is 16.3 Å². The van der Waals surface area contributed by atoms with Crippen molar-refractivity contribution in [1.29, 1.82) is 0 Å². The van der Waals surface area contributed by atoms with Gasteiger partial charge in [0.05, 0.1) is 0 Å². The molecular formula is C15H16N2OS. The smallest absolute Gasteiger partial charge is 0.225 e. The molecule has 0 aromatic heterocycles. The van der Waals surface area contributed by atoms with Crippen LogP contribution in [0.25, 0.3) is 0 Å². The van der Waals surface area contributed by atoms with E-state index in [2.05, 4.69) is 5.32 Å². The Labute approximate surface area is 117 Å². The highest BCUT2D eigenvalue weighted by molar-refractivity contribution is 7.99. The van der Waals surface area contributed by atoms with Gasteiger partial charge in [-0.2, -0.15) is 0 Å². The quantitative estimate of drug-likeness (QED) is 0.648. The van der Waals surface area contributed by atoms with E-state index in [0.29, 0.717) is 12.2 Å². The average molecular weight is 272 g/mol. The molecule has 0 fully saturated rings. The number of nitrogen functional groups attached to an aromatic ring is 1. The highest BCUT2D eigenvalue weighted by Crippen LogP contribution is 2.24. The molecule has 0 aliphatic heterocycles. The summed E-state index contributed by atoms with van der Waals surface area (Å²) in [4.78, 5) is 12.8. The van der Waals surface area contributed by atoms with Gasteiger partial charge in [0.1, 0.15) is 0 Å². The third-order valence-corrected chi connectivity index (χ3v) is 3.65. The topological polar surface area (TPSA) is 55.1 Å². The first-order valence-corrected chi connectivity index (χ1v) is 7.06. The van der Waals surface area contributed by atoms with Crippen LogP contribution in [0.3, 0.4) is 0 Å². The molecule has 0 atom stereocenters. The zero-order chi connectivity index (χ0) is 13.5. The molecule has 0 heterocycles. The lowest BCUT2D eigenvalue weighted by atomic mass is 10.3. The van der Waals surface area contributed by atoms with Crippen LogP contribution in [-0.2, 0) is 4.79 Å². The van der Waals surface area contributed by atoms with Gasteiger partial charge in [-0.15, -0.1) is 11.8 Å². The minimum atomic E-state index is 0.0215. The standard InChI is InChI=1S/C15H16N2OS/c16-13-8-4-5-9-14(13)19-11-10-15(18)17-12-6-2-1-3-7-12/h1-9H,10-11,16H2,(H,17,18). The van der Waals surface area contributed by atoms with Gasteiger partial charge in [0, 0.05) is 28.4 Å². The van der Waals surface area contributed by atoms with Gasteiger partial charge in [-0.25, -0.2) is 0 Å². The average Bonchev–Trinajstić information content (AvgIpc) is 2.42. The van der Waals surface area contributed by atoms with Crippen molar-refractivity contribution in [1.82, 2.24) is 0 Å². The minimum absolute atomic E-state index is 0.0215. The summed E-state index contributed by atoms with van der Waals surface area (Å²) < 4.78 is 0. The SMILES string of the molecule is Nc1ccccc1SCCC(=O)Nc1ccccc1. The van der Waals surface area contributed by atoms with E-state index in [4.69, 9.17) is 5.73 Å². The Hall–Kier alpha value is -1.94. The van der Waals surface area contributed by atoms with Crippen molar-refractivity contribution in [2.45, 2.75) is 11.3 Å². The van der Waals surface area contributed by atoms with Crippen molar-refractivity contribution < 1.29 is 4.79 Å². The fraction of sp³-hybridized carbons (Fsp3) is 0.133. The number of amides is 1. The summed E-state index contributed by atoms with van der Waals surface area (Å²) in [5, 5.41) is 2.86. The maximum absolute atomic E-state index is 11.7. The number of nitrogens with two attached hydrogens (primary N) is 1. The summed E-state index contributed by atoms with van der Waals surface area (Å²) in [7, 11) is 0. The molecule has 3 N–H and O–H groups in total. The number of anilines is 2. The maximum Gasteiger partial charge on any atom is 0.225 e. The first-order chi connectivity index (χ1) is 9.25. The van der Waals surface area contributed by atoms with Gasteiger partial charge in [0.2, 0.25) is 5.91 Å². The van der Waals surface area contributed by atoms with Crippen LogP contribution in [0.1, 0.15) is 6.42 Å². The predicted octanol–water partition coefficient (Wildman–Crippen LogP) is 3.39. The van der Waals surface area contributed by atoms with Gasteiger partial charge in [-0.3, -0.25) is 4.79 Å². The van der Waals surface area contributed by atoms with Crippen LogP contribution in [-0.4, -0.2) is 11.7 Å². The molecule has 0 saturated carbocycles. The largest absolute Gasteiger partial charge is 0.398 e. The second-order valence-electron chi connectivity index (χ2n) is 4.05. The van der Waals surface area contributed by atoms with Gasteiger partial charge in [-0.1, -0.05) is 30.3 Å². The predicted molar refractivity (Wildman–Crippen MR) is 81.3 cm³/mol. The zero-order valence-corrected chi connectivity index (χ0v) is 11.3. The van der Waals surface area contributed by atoms with E-state index < -0.39 is 0 Å². The van der Waals surface area contributed by atoms with Crippen LogP contribution >= 0.6 is 11.8 Å². The van der Waals surface area contributed by atoms with E-state index >= 15 is 0 Å². The summed E-state index contributed by atoms with van der Waals surface area (Å²) in [6.45, 7) is 0. The van der Waals surface area contributed by atoms with Crippen LogP contribution in [0.15, 0.2) is 59.5 Å². The molecule has 4 heteroatoms. The van der Waals surface area contributed by atoms with Crippen molar-refractivity contribution in [2.75, 3.05) is 16.8 Å². The number of thioether (sulfide) groups is 1. The highest BCUT2D eigenvalue weighted by atomic mass is 32.2. The number of para-hydroxylation sites is 2. The number of carbonyl (C=O) groups excluding carboxylic acids is 1. The third-order valence-electron chi connectivity index (χ3n) is 2.56. The van der Waals surface area contributed by atoms with Crippen LogP contribution < -0.4 is 11.1 Å². The molecule has 0 radical (unpaired) electrons. The van der Waals surface area contributed by atoms with Gasteiger partial charge >= 0.3 is 0 Å². The number of hydrogen-bond acceptors (Lipinski definition) is 3. The first-order valence-electron chi connectivity index (χ1n) is 6.08. The van der Waals surface area contributed by atoms with Crippen molar-refractivity contribution in [3.05, 3.63) is 54.6 Å². The van der Waals surface area contributed by atoms with Gasteiger partial charge in [0.15, 0.2) is 0 Å². The molecule has 19 heavy (non-hydrogen) atoms. The van der Waals surface area contributed by atoms with E-state index in [-0.39, 0.29) is 5.91 Å². The normalized spacial score (nSPS) is 10.1. The van der Waals surface area contributed by atoms with E-state index in [1.54, 1.807) is 11.8 Å². The van der Waals surface area contributed by atoms with Crippen molar-refractivity contribution in [3.8, 4) is 0 Å². The summed E-state index contributed by atoms with van der Waals surface area (Å²) in [5.41, 5.74) is 7.43. The highest BCUT2D eigenvalue weighted by Gasteiger charge is 2.04. The Morgan fingerprint density at radius 1 is 1.05 bits per heavy atom. The number of carbonyl (C=O) groups is 1. The Morgan fingerprint density at radius 3 is 2.47 bits per heavy atom. The molecule has 98 valence electrons. The molecule has 0 unspecified atom stereocenters. The zero-order valence-electron chi connectivity index (χ0n) is 10.5. The molecule has 2 aromatic rings. The summed E-state index contributed by atoms with van der Waals surface area (Å²) in [6.07, 6.45) is 0.466. The first kappa shape index (κ1) is 13.5. The molecule has 0 saturated heterocycles. The van der Waals surface area contributed by atoms with Gasteiger partial charge in [-0.05, 0) is 24.3 Å². The van der Waals surface area contributed by atoms with Gasteiger partial charge in [0.25, 0.3) is 0 Å². The second-order valence-corrected chi connectivity index (χ2v) is 5.19. The lowest BCUT2D eigenvalue weighted by Gasteiger charge is -2.06. The summed E-state index contributed by atoms with van der Waals surface area (Å²) in [6, 6.07) is 17.2. The Balaban J connectivity index is 1.77. The van der Waals surface area contributed by atoms with Crippen molar-refractivity contribution in [2.24, 2.45) is 0 Å². The van der Waals surface area contributed by atoms with Crippen LogP contribution in [0.5, 0.6) is 0 Å². The molecule has 3 nitrogen and oxygen atoms in total. The lowest BCUT2D eigenvalue weighted by Crippen LogP contribution is -2.11. The third kappa shape index (κ3) is 4.34. The molecule has 0 spiro atoms. The molecular weight excluding hydrogens is 256 g/mol.